The quantitative estimate of drug-likeness (QED) is 0.855. The maximum absolute atomic E-state index is 12.3. The van der Waals surface area contributed by atoms with E-state index in [1.165, 1.54) is 0 Å². The number of benzene rings is 1. The first-order valence-corrected chi connectivity index (χ1v) is 7.78. The molecule has 0 saturated carbocycles. The van der Waals surface area contributed by atoms with Crippen molar-refractivity contribution in [1.29, 1.82) is 0 Å². The van der Waals surface area contributed by atoms with E-state index < -0.39 is 0 Å². The molecule has 2 heterocycles. The van der Waals surface area contributed by atoms with Gasteiger partial charge in [0.15, 0.2) is 5.82 Å². The van der Waals surface area contributed by atoms with Crippen molar-refractivity contribution in [2.45, 2.75) is 19.6 Å². The highest BCUT2D eigenvalue weighted by Gasteiger charge is 2.25. The summed E-state index contributed by atoms with van der Waals surface area (Å²) in [4.78, 5) is 20.3. The molecule has 0 radical (unpaired) electrons. The molecule has 1 aromatic heterocycles. The Kier molecular flexibility index (Phi) is 6.56. The zero-order valence-corrected chi connectivity index (χ0v) is 14.6. The molecule has 9 heteroatoms. The topological polar surface area (TPSA) is 88.5 Å². The van der Waals surface area contributed by atoms with Crippen LogP contribution in [0.2, 0.25) is 5.02 Å². The standard InChI is InChI=1S/C15H18ClN5O2.ClH/c16-12-3-1-2-11(6-12)8-21-5-4-20(10-15(21)22)9-13-18-14(7-17)23-19-13;/h1-3,6H,4-5,7-10,17H2;1H. The summed E-state index contributed by atoms with van der Waals surface area (Å²) in [5, 5.41) is 4.54. The molecule has 2 N–H and O–H groups in total. The van der Waals surface area contributed by atoms with E-state index in [0.29, 0.717) is 42.9 Å². The molecular weight excluding hydrogens is 353 g/mol. The SMILES string of the molecule is Cl.NCc1nc(CN2CCN(Cc3cccc(Cl)c3)C(=O)C2)no1. The molecule has 7 nitrogen and oxygen atoms in total. The smallest absolute Gasteiger partial charge is 0.240 e. The third-order valence-corrected chi connectivity index (χ3v) is 3.95. The van der Waals surface area contributed by atoms with Gasteiger partial charge in [0.05, 0.1) is 19.6 Å². The largest absolute Gasteiger partial charge is 0.338 e. The molecular formula is C15H19Cl2N5O2. The van der Waals surface area contributed by atoms with Gasteiger partial charge in [-0.05, 0) is 17.7 Å². The van der Waals surface area contributed by atoms with Crippen LogP contribution >= 0.6 is 24.0 Å². The highest BCUT2D eigenvalue weighted by atomic mass is 35.5. The summed E-state index contributed by atoms with van der Waals surface area (Å²) in [6.07, 6.45) is 0. The van der Waals surface area contributed by atoms with Crippen LogP contribution in [0.3, 0.4) is 0 Å². The fourth-order valence-corrected chi connectivity index (χ4v) is 2.77. The van der Waals surface area contributed by atoms with Gasteiger partial charge in [-0.25, -0.2) is 0 Å². The summed E-state index contributed by atoms with van der Waals surface area (Å²) in [6.45, 7) is 3.05. The molecule has 1 aliphatic rings. The van der Waals surface area contributed by atoms with E-state index in [9.17, 15) is 4.79 Å². The van der Waals surface area contributed by atoms with Crippen LogP contribution in [0.15, 0.2) is 28.8 Å². The highest BCUT2D eigenvalue weighted by molar-refractivity contribution is 6.30. The Hall–Kier alpha value is -1.67. The first-order chi connectivity index (χ1) is 11.1. The van der Waals surface area contributed by atoms with Crippen molar-refractivity contribution in [1.82, 2.24) is 19.9 Å². The Morgan fingerprint density at radius 3 is 2.79 bits per heavy atom. The maximum atomic E-state index is 12.3. The summed E-state index contributed by atoms with van der Waals surface area (Å²) in [7, 11) is 0. The Labute approximate surface area is 151 Å². The molecule has 1 fully saturated rings. The number of hydrogen-bond acceptors (Lipinski definition) is 6. The number of halogens is 2. The minimum absolute atomic E-state index is 0. The number of aromatic nitrogens is 2. The summed E-state index contributed by atoms with van der Waals surface area (Å²) in [5.41, 5.74) is 6.47. The molecule has 0 atom stereocenters. The molecule has 1 amide bonds. The number of carbonyl (C=O) groups excluding carboxylic acids is 1. The molecule has 130 valence electrons. The number of rotatable bonds is 5. The van der Waals surface area contributed by atoms with Crippen molar-refractivity contribution in [2.24, 2.45) is 5.73 Å². The predicted octanol–water partition coefficient (Wildman–Crippen LogP) is 1.45. The monoisotopic (exact) mass is 371 g/mol. The summed E-state index contributed by atoms with van der Waals surface area (Å²) >= 11 is 5.98. The second-order valence-electron chi connectivity index (χ2n) is 5.46. The van der Waals surface area contributed by atoms with E-state index in [0.717, 1.165) is 12.1 Å². The molecule has 2 aromatic rings. The lowest BCUT2D eigenvalue weighted by atomic mass is 10.2. The Balaban J connectivity index is 0.00000208. The fraction of sp³-hybridized carbons (Fsp3) is 0.400. The number of nitrogens with zero attached hydrogens (tertiary/aromatic N) is 4. The van der Waals surface area contributed by atoms with E-state index in [2.05, 4.69) is 10.1 Å². The molecule has 0 unspecified atom stereocenters. The Bertz CT molecular complexity index is 694. The molecule has 24 heavy (non-hydrogen) atoms. The zero-order valence-electron chi connectivity index (χ0n) is 13.0. The van der Waals surface area contributed by atoms with Crippen LogP contribution in [0, 0.1) is 0 Å². The van der Waals surface area contributed by atoms with Crippen molar-refractivity contribution in [3.05, 3.63) is 46.6 Å². The van der Waals surface area contributed by atoms with Crippen molar-refractivity contribution < 1.29 is 9.32 Å². The van der Waals surface area contributed by atoms with Crippen LogP contribution in [-0.4, -0.2) is 45.5 Å². The van der Waals surface area contributed by atoms with Crippen LogP contribution < -0.4 is 5.73 Å². The lowest BCUT2D eigenvalue weighted by Gasteiger charge is -2.33. The number of carbonyl (C=O) groups is 1. The molecule has 1 saturated heterocycles. The van der Waals surface area contributed by atoms with Crippen LogP contribution in [0.1, 0.15) is 17.3 Å². The van der Waals surface area contributed by atoms with Gasteiger partial charge < -0.3 is 15.2 Å². The Morgan fingerprint density at radius 1 is 1.29 bits per heavy atom. The second kappa shape index (κ2) is 8.43. The zero-order chi connectivity index (χ0) is 16.2. The highest BCUT2D eigenvalue weighted by Crippen LogP contribution is 2.15. The van der Waals surface area contributed by atoms with Crippen molar-refractivity contribution >= 4 is 29.9 Å². The first kappa shape index (κ1) is 18.7. The van der Waals surface area contributed by atoms with Gasteiger partial charge in [-0.3, -0.25) is 9.69 Å². The second-order valence-corrected chi connectivity index (χ2v) is 5.90. The van der Waals surface area contributed by atoms with Gasteiger partial charge in [-0.15, -0.1) is 12.4 Å². The van der Waals surface area contributed by atoms with Gasteiger partial charge in [0.2, 0.25) is 11.8 Å². The number of amides is 1. The van der Waals surface area contributed by atoms with E-state index in [1.54, 1.807) is 0 Å². The van der Waals surface area contributed by atoms with Crippen molar-refractivity contribution in [3.63, 3.8) is 0 Å². The van der Waals surface area contributed by atoms with Crippen LogP contribution in [0.5, 0.6) is 0 Å². The predicted molar refractivity (Wildman–Crippen MR) is 91.6 cm³/mol. The minimum Gasteiger partial charge on any atom is -0.338 e. The molecule has 0 aliphatic carbocycles. The average molecular weight is 372 g/mol. The lowest BCUT2D eigenvalue weighted by Crippen LogP contribution is -2.49. The average Bonchev–Trinajstić information content (AvgIpc) is 2.98. The normalized spacial score (nSPS) is 15.4. The number of nitrogens with two attached hydrogens (primary N) is 1. The van der Waals surface area contributed by atoms with Crippen LogP contribution in [0.25, 0.3) is 0 Å². The first-order valence-electron chi connectivity index (χ1n) is 7.40. The van der Waals surface area contributed by atoms with Crippen LogP contribution in [0.4, 0.5) is 0 Å². The summed E-state index contributed by atoms with van der Waals surface area (Å²) < 4.78 is 4.97. The van der Waals surface area contributed by atoms with E-state index in [1.807, 2.05) is 34.1 Å². The molecule has 0 bridgehead atoms. The maximum Gasteiger partial charge on any atom is 0.240 e. The summed E-state index contributed by atoms with van der Waals surface area (Å²) in [5.74, 6) is 1.05. The lowest BCUT2D eigenvalue weighted by molar-refractivity contribution is -0.136. The minimum atomic E-state index is 0. The van der Waals surface area contributed by atoms with Crippen molar-refractivity contribution in [3.8, 4) is 0 Å². The molecule has 1 aliphatic heterocycles. The van der Waals surface area contributed by atoms with E-state index >= 15 is 0 Å². The fourth-order valence-electron chi connectivity index (χ4n) is 2.55. The van der Waals surface area contributed by atoms with E-state index in [4.69, 9.17) is 21.9 Å². The van der Waals surface area contributed by atoms with Gasteiger partial charge in [-0.1, -0.05) is 28.9 Å². The van der Waals surface area contributed by atoms with Crippen molar-refractivity contribution in [2.75, 3.05) is 19.6 Å². The van der Waals surface area contributed by atoms with Gasteiger partial charge in [-0.2, -0.15) is 4.98 Å². The third-order valence-electron chi connectivity index (χ3n) is 3.71. The van der Waals surface area contributed by atoms with Gasteiger partial charge in [0, 0.05) is 24.7 Å². The number of piperazine rings is 1. The van der Waals surface area contributed by atoms with Gasteiger partial charge in [0.25, 0.3) is 0 Å². The van der Waals surface area contributed by atoms with E-state index in [-0.39, 0.29) is 24.9 Å². The summed E-state index contributed by atoms with van der Waals surface area (Å²) in [6, 6.07) is 7.57. The van der Waals surface area contributed by atoms with Gasteiger partial charge >= 0.3 is 0 Å². The van der Waals surface area contributed by atoms with Crippen LogP contribution in [-0.2, 0) is 24.4 Å². The molecule has 0 spiro atoms. The molecule has 3 rings (SSSR count). The Morgan fingerprint density at radius 2 is 2.12 bits per heavy atom. The third kappa shape index (κ3) is 4.67. The van der Waals surface area contributed by atoms with Gasteiger partial charge in [0.1, 0.15) is 0 Å². The molecule has 1 aromatic carbocycles. The number of hydrogen-bond donors (Lipinski definition) is 1.